The Kier molecular flexibility index (Phi) is 6.37. The highest BCUT2D eigenvalue weighted by Crippen LogP contribution is 2.68. The van der Waals surface area contributed by atoms with Crippen molar-refractivity contribution in [1.82, 2.24) is 0 Å². The van der Waals surface area contributed by atoms with Crippen LogP contribution in [0, 0.1) is 32.5 Å². The van der Waals surface area contributed by atoms with Gasteiger partial charge < -0.3 is 14.2 Å². The summed E-state index contributed by atoms with van der Waals surface area (Å²) in [7, 11) is 0. The quantitative estimate of drug-likeness (QED) is 0.417. The maximum Gasteiger partial charge on any atom is 0.0950 e. The molecule has 2 aliphatic heterocycles. The van der Waals surface area contributed by atoms with Crippen LogP contribution in [-0.4, -0.2) is 35.6 Å². The molecule has 1 atom stereocenters. The summed E-state index contributed by atoms with van der Waals surface area (Å²) in [4.78, 5) is 0. The van der Waals surface area contributed by atoms with Crippen LogP contribution in [0.15, 0.2) is 0 Å². The van der Waals surface area contributed by atoms with Crippen LogP contribution in [-0.2, 0) is 14.2 Å². The molecular formula is C30H58O3. The molecule has 33 heavy (non-hydrogen) atoms. The average Bonchev–Trinajstić information content (AvgIpc) is 2.57. The first-order chi connectivity index (χ1) is 14.1. The molecule has 0 amide bonds. The van der Waals surface area contributed by atoms with Crippen LogP contribution in [0.5, 0.6) is 0 Å². The standard InChI is InChI=1S/C30H58O3/c1-21(2)22(3,4)26(11,12)33-30(18,23(21,5)6)20-31-19-29(17)24(7,8)27(13,14)32-28(15,16)25(29,9)10/h19-20H2,1-18H3. The first kappa shape index (κ1) is 29.1. The fourth-order valence-corrected chi connectivity index (χ4v) is 7.04. The largest absolute Gasteiger partial charge is 0.378 e. The molecule has 196 valence electrons. The van der Waals surface area contributed by atoms with E-state index in [1.54, 1.807) is 0 Å². The third-order valence-electron chi connectivity index (χ3n) is 13.5. The minimum absolute atomic E-state index is 0.00767. The van der Waals surface area contributed by atoms with E-state index in [4.69, 9.17) is 14.2 Å². The van der Waals surface area contributed by atoms with E-state index < -0.39 is 5.60 Å². The zero-order chi connectivity index (χ0) is 26.5. The average molecular weight is 467 g/mol. The maximum absolute atomic E-state index is 6.99. The van der Waals surface area contributed by atoms with Gasteiger partial charge in [0.25, 0.3) is 0 Å². The summed E-state index contributed by atoms with van der Waals surface area (Å²) in [5.41, 5.74) is -1.55. The topological polar surface area (TPSA) is 27.7 Å². The van der Waals surface area contributed by atoms with Gasteiger partial charge in [-0.1, -0.05) is 76.2 Å². The Labute approximate surface area is 207 Å². The summed E-state index contributed by atoms with van der Waals surface area (Å²) in [6.07, 6.45) is 0. The third kappa shape index (κ3) is 3.37. The molecule has 2 heterocycles. The van der Waals surface area contributed by atoms with Gasteiger partial charge in [0.15, 0.2) is 0 Å². The van der Waals surface area contributed by atoms with E-state index in [2.05, 4.69) is 125 Å². The van der Waals surface area contributed by atoms with Gasteiger partial charge >= 0.3 is 0 Å². The normalized spacial score (nSPS) is 36.2. The predicted molar refractivity (Wildman–Crippen MR) is 141 cm³/mol. The van der Waals surface area contributed by atoms with Crippen molar-refractivity contribution in [2.75, 3.05) is 13.2 Å². The predicted octanol–water partition coefficient (Wildman–Crippen LogP) is 8.30. The molecule has 0 N–H and O–H groups in total. The van der Waals surface area contributed by atoms with Crippen molar-refractivity contribution in [3.8, 4) is 0 Å². The van der Waals surface area contributed by atoms with E-state index in [0.29, 0.717) is 13.2 Å². The molecule has 0 bridgehead atoms. The summed E-state index contributed by atoms with van der Waals surface area (Å²) < 4.78 is 20.5. The number of ether oxygens (including phenoxy) is 3. The Morgan fingerprint density at radius 2 is 0.758 bits per heavy atom. The lowest BCUT2D eigenvalue weighted by Gasteiger charge is -2.70. The summed E-state index contributed by atoms with van der Waals surface area (Å²) in [5, 5.41) is 0. The molecule has 2 saturated heterocycles. The molecule has 3 heteroatoms. The fraction of sp³-hybridized carbons (Fsp3) is 1.00. The SMILES string of the molecule is CC1(C)OC(C)(COCC2(C)C(C)(C)C(C)(C)OC(C)(C)C2(C)C)C(C)(C)C(C)(C)C1(C)C. The third-order valence-corrected chi connectivity index (χ3v) is 13.5. The number of hydrogen-bond acceptors (Lipinski definition) is 3. The highest BCUT2D eigenvalue weighted by atomic mass is 16.6. The van der Waals surface area contributed by atoms with Crippen molar-refractivity contribution >= 4 is 0 Å². The maximum atomic E-state index is 6.99. The Morgan fingerprint density at radius 1 is 0.394 bits per heavy atom. The van der Waals surface area contributed by atoms with Gasteiger partial charge in [-0.25, -0.2) is 0 Å². The van der Waals surface area contributed by atoms with Gasteiger partial charge in [0.2, 0.25) is 0 Å². The molecule has 0 aromatic carbocycles. The van der Waals surface area contributed by atoms with Crippen LogP contribution >= 0.6 is 0 Å². The summed E-state index contributed by atoms with van der Waals surface area (Å²) in [6.45, 7) is 43.0. The Bertz CT molecular complexity index is 737. The highest BCUT2D eigenvalue weighted by Gasteiger charge is 2.69. The summed E-state index contributed by atoms with van der Waals surface area (Å²) >= 11 is 0. The number of hydrogen-bond donors (Lipinski definition) is 0. The van der Waals surface area contributed by atoms with Gasteiger partial charge in [0.1, 0.15) is 0 Å². The van der Waals surface area contributed by atoms with Gasteiger partial charge in [0.05, 0.1) is 35.6 Å². The molecule has 3 nitrogen and oxygen atoms in total. The van der Waals surface area contributed by atoms with Crippen molar-refractivity contribution < 1.29 is 14.2 Å². The van der Waals surface area contributed by atoms with Crippen molar-refractivity contribution in [3.05, 3.63) is 0 Å². The molecule has 1 unspecified atom stereocenters. The number of rotatable bonds is 4. The van der Waals surface area contributed by atoms with Crippen molar-refractivity contribution in [2.45, 2.75) is 147 Å². The van der Waals surface area contributed by atoms with E-state index in [1.807, 2.05) is 0 Å². The van der Waals surface area contributed by atoms with Gasteiger partial charge in [-0.05, 0) is 59.3 Å². The van der Waals surface area contributed by atoms with E-state index in [1.165, 1.54) is 0 Å². The van der Waals surface area contributed by atoms with Crippen LogP contribution in [0.25, 0.3) is 0 Å². The lowest BCUT2D eigenvalue weighted by molar-refractivity contribution is -0.354. The van der Waals surface area contributed by atoms with E-state index >= 15 is 0 Å². The second-order valence-electron chi connectivity index (χ2n) is 15.9. The van der Waals surface area contributed by atoms with Gasteiger partial charge in [-0.15, -0.1) is 0 Å². The highest BCUT2D eigenvalue weighted by molar-refractivity contribution is 5.17. The summed E-state index contributed by atoms with van der Waals surface area (Å²) in [5.74, 6) is 0. The molecule has 0 aliphatic carbocycles. The van der Waals surface area contributed by atoms with E-state index in [-0.39, 0.29) is 49.3 Å². The molecule has 0 aromatic rings. The van der Waals surface area contributed by atoms with Crippen LogP contribution in [0.4, 0.5) is 0 Å². The molecule has 0 aromatic heterocycles. The second kappa shape index (κ2) is 7.22. The minimum atomic E-state index is -0.406. The van der Waals surface area contributed by atoms with Crippen LogP contribution < -0.4 is 0 Å². The van der Waals surface area contributed by atoms with Crippen LogP contribution in [0.3, 0.4) is 0 Å². The molecule has 0 saturated carbocycles. The van der Waals surface area contributed by atoms with Crippen molar-refractivity contribution in [2.24, 2.45) is 32.5 Å². The fourth-order valence-electron chi connectivity index (χ4n) is 7.04. The lowest BCUT2D eigenvalue weighted by Crippen LogP contribution is -2.73. The molecule has 2 fully saturated rings. The molecular weight excluding hydrogens is 408 g/mol. The second-order valence-corrected chi connectivity index (χ2v) is 15.9. The van der Waals surface area contributed by atoms with E-state index in [9.17, 15) is 0 Å². The first-order valence-electron chi connectivity index (χ1n) is 13.1. The van der Waals surface area contributed by atoms with Crippen molar-refractivity contribution in [1.29, 1.82) is 0 Å². The molecule has 2 aliphatic rings. The van der Waals surface area contributed by atoms with E-state index in [0.717, 1.165) is 0 Å². The Hall–Kier alpha value is -0.120. The smallest absolute Gasteiger partial charge is 0.0950 e. The van der Waals surface area contributed by atoms with Crippen LogP contribution in [0.1, 0.15) is 125 Å². The minimum Gasteiger partial charge on any atom is -0.378 e. The Morgan fingerprint density at radius 3 is 1.15 bits per heavy atom. The van der Waals surface area contributed by atoms with Crippen molar-refractivity contribution in [3.63, 3.8) is 0 Å². The monoisotopic (exact) mass is 466 g/mol. The lowest BCUT2D eigenvalue weighted by atomic mass is 9.44. The Balaban J connectivity index is 2.43. The molecule has 0 radical (unpaired) electrons. The first-order valence-corrected chi connectivity index (χ1v) is 13.1. The van der Waals surface area contributed by atoms with Gasteiger partial charge in [0, 0.05) is 21.7 Å². The van der Waals surface area contributed by atoms with Crippen LogP contribution in [0.2, 0.25) is 0 Å². The summed E-state index contributed by atoms with van der Waals surface area (Å²) in [6, 6.07) is 0. The van der Waals surface area contributed by atoms with Gasteiger partial charge in [-0.3, -0.25) is 0 Å². The van der Waals surface area contributed by atoms with Gasteiger partial charge in [-0.2, -0.15) is 0 Å². The molecule has 2 rings (SSSR count). The zero-order valence-electron chi connectivity index (χ0n) is 25.6. The molecule has 0 spiro atoms. The zero-order valence-corrected chi connectivity index (χ0v) is 25.6.